The van der Waals surface area contributed by atoms with E-state index < -0.39 is 22.4 Å². The predicted molar refractivity (Wildman–Crippen MR) is 118 cm³/mol. The Labute approximate surface area is 193 Å². The molecule has 0 unspecified atom stereocenters. The molecule has 1 amide bonds. The van der Waals surface area contributed by atoms with Gasteiger partial charge in [0.15, 0.2) is 0 Å². The highest BCUT2D eigenvalue weighted by molar-refractivity contribution is 6.30. The third kappa shape index (κ3) is 5.68. The molecule has 33 heavy (non-hydrogen) atoms. The van der Waals surface area contributed by atoms with Crippen LogP contribution in [0.3, 0.4) is 0 Å². The van der Waals surface area contributed by atoms with Crippen molar-refractivity contribution in [3.8, 4) is 5.75 Å². The summed E-state index contributed by atoms with van der Waals surface area (Å²) in [6.07, 6.45) is -3.82. The lowest BCUT2D eigenvalue weighted by molar-refractivity contribution is -0.384. The first-order chi connectivity index (χ1) is 15.5. The van der Waals surface area contributed by atoms with Crippen LogP contribution in [0.4, 0.5) is 24.5 Å². The van der Waals surface area contributed by atoms with Crippen LogP contribution in [0.2, 0.25) is 5.02 Å². The van der Waals surface area contributed by atoms with Gasteiger partial charge in [0.1, 0.15) is 11.4 Å². The minimum absolute atomic E-state index is 0.0846. The van der Waals surface area contributed by atoms with Gasteiger partial charge in [-0.1, -0.05) is 11.6 Å². The van der Waals surface area contributed by atoms with E-state index in [1.807, 2.05) is 0 Å². The van der Waals surface area contributed by atoms with E-state index in [4.69, 9.17) is 16.3 Å². The Hall–Kier alpha value is -3.01. The van der Waals surface area contributed by atoms with Crippen LogP contribution in [0.5, 0.6) is 5.75 Å². The maximum absolute atomic E-state index is 13.0. The molecule has 0 bridgehead atoms. The Bertz CT molecular complexity index is 1040. The van der Waals surface area contributed by atoms with E-state index in [0.717, 1.165) is 17.7 Å². The van der Waals surface area contributed by atoms with Gasteiger partial charge in [-0.15, -0.1) is 0 Å². The highest BCUT2D eigenvalue weighted by atomic mass is 35.5. The van der Waals surface area contributed by atoms with E-state index in [1.54, 1.807) is 35.0 Å². The zero-order valence-electron chi connectivity index (χ0n) is 18.1. The molecule has 0 radical (unpaired) electrons. The molecule has 2 aromatic carbocycles. The Morgan fingerprint density at radius 3 is 2.48 bits per heavy atom. The van der Waals surface area contributed by atoms with Gasteiger partial charge >= 0.3 is 6.18 Å². The molecular formula is C22H23ClF3N3O4. The monoisotopic (exact) mass is 485 g/mol. The molecule has 0 aromatic heterocycles. The summed E-state index contributed by atoms with van der Waals surface area (Å²) in [4.78, 5) is 26.8. The van der Waals surface area contributed by atoms with Crippen LogP contribution in [-0.4, -0.2) is 43.0 Å². The molecule has 0 spiro atoms. The number of benzene rings is 2. The van der Waals surface area contributed by atoms with Crippen molar-refractivity contribution in [1.82, 2.24) is 4.90 Å². The van der Waals surface area contributed by atoms with Gasteiger partial charge in [0, 0.05) is 49.3 Å². The summed E-state index contributed by atoms with van der Waals surface area (Å²) in [6.45, 7) is 0.932. The number of anilines is 1. The molecule has 0 N–H and O–H groups in total. The average Bonchev–Trinajstić information content (AvgIpc) is 2.77. The molecule has 7 nitrogen and oxygen atoms in total. The first kappa shape index (κ1) is 24.6. The van der Waals surface area contributed by atoms with Gasteiger partial charge in [0.25, 0.3) is 5.69 Å². The highest BCUT2D eigenvalue weighted by Gasteiger charge is 2.35. The van der Waals surface area contributed by atoms with Crippen LogP contribution in [-0.2, 0) is 17.5 Å². The summed E-state index contributed by atoms with van der Waals surface area (Å²) in [5, 5.41) is 11.9. The van der Waals surface area contributed by atoms with Gasteiger partial charge in [-0.2, -0.15) is 13.2 Å². The number of amides is 1. The van der Waals surface area contributed by atoms with Gasteiger partial charge in [0.05, 0.1) is 17.6 Å². The van der Waals surface area contributed by atoms with Crippen molar-refractivity contribution >= 4 is 28.9 Å². The van der Waals surface area contributed by atoms with E-state index in [0.29, 0.717) is 49.3 Å². The van der Waals surface area contributed by atoms with E-state index in [-0.39, 0.29) is 17.5 Å². The fourth-order valence-corrected chi connectivity index (χ4v) is 4.19. The van der Waals surface area contributed by atoms with Gasteiger partial charge in [-0.05, 0) is 43.2 Å². The van der Waals surface area contributed by atoms with Crippen LogP contribution in [0.1, 0.15) is 24.0 Å². The molecule has 0 atom stereocenters. The Morgan fingerprint density at radius 1 is 1.24 bits per heavy atom. The maximum atomic E-state index is 13.0. The van der Waals surface area contributed by atoms with Gasteiger partial charge in [0.2, 0.25) is 5.91 Å². The molecule has 0 aliphatic carbocycles. The number of hydrogen-bond donors (Lipinski definition) is 0. The number of methoxy groups -OCH3 is 1. The normalized spacial score (nSPS) is 14.8. The van der Waals surface area contributed by atoms with Crippen molar-refractivity contribution in [2.75, 3.05) is 32.1 Å². The maximum Gasteiger partial charge on any atom is 0.416 e. The quantitative estimate of drug-likeness (QED) is 0.418. The summed E-state index contributed by atoms with van der Waals surface area (Å²) in [5.74, 6) is 0.229. The lowest BCUT2D eigenvalue weighted by atomic mass is 9.94. The minimum Gasteiger partial charge on any atom is -0.496 e. The summed E-state index contributed by atoms with van der Waals surface area (Å²) in [5.41, 5.74) is -0.782. The van der Waals surface area contributed by atoms with Crippen molar-refractivity contribution in [2.24, 2.45) is 5.92 Å². The van der Waals surface area contributed by atoms with Crippen LogP contribution >= 0.6 is 11.6 Å². The Balaban J connectivity index is 1.68. The predicted octanol–water partition coefficient (Wildman–Crippen LogP) is 5.15. The molecule has 1 saturated heterocycles. The second kappa shape index (κ2) is 9.86. The minimum atomic E-state index is -4.67. The third-order valence-corrected chi connectivity index (χ3v) is 5.95. The van der Waals surface area contributed by atoms with Crippen LogP contribution in [0.15, 0.2) is 36.4 Å². The number of nitro benzene ring substituents is 1. The smallest absolute Gasteiger partial charge is 0.416 e. The molecule has 1 fully saturated rings. The lowest BCUT2D eigenvalue weighted by Crippen LogP contribution is -2.41. The lowest BCUT2D eigenvalue weighted by Gasteiger charge is -2.34. The number of alkyl halides is 3. The first-order valence-corrected chi connectivity index (χ1v) is 10.6. The van der Waals surface area contributed by atoms with Crippen molar-refractivity contribution in [3.05, 3.63) is 62.7 Å². The van der Waals surface area contributed by atoms with Crippen molar-refractivity contribution < 1.29 is 27.6 Å². The summed E-state index contributed by atoms with van der Waals surface area (Å²) in [7, 11) is 3.21. The summed E-state index contributed by atoms with van der Waals surface area (Å²) in [6, 6.07) is 7.68. The molecule has 3 rings (SSSR count). The fourth-order valence-electron chi connectivity index (χ4n) is 4.00. The van der Waals surface area contributed by atoms with E-state index in [9.17, 15) is 28.1 Å². The van der Waals surface area contributed by atoms with Gasteiger partial charge in [-0.3, -0.25) is 14.9 Å². The number of rotatable bonds is 6. The molecule has 2 aromatic rings. The van der Waals surface area contributed by atoms with Crippen LogP contribution in [0.25, 0.3) is 0 Å². The number of carbonyl (C=O) groups excluding carboxylic acids is 1. The third-order valence-electron chi connectivity index (χ3n) is 5.71. The standard InChI is InChI=1S/C22H23ClF3N3O4/c1-27(13-15-11-17(23)4-6-20(15)33-2)21(30)14-7-9-28(10-8-14)18-5-3-16(22(24,25)26)12-19(18)29(31)32/h3-6,11-12,14H,7-10,13H2,1-2H3. The number of ether oxygens (including phenoxy) is 1. The van der Waals surface area contributed by atoms with Gasteiger partial charge < -0.3 is 14.5 Å². The Kier molecular flexibility index (Phi) is 7.36. The van der Waals surface area contributed by atoms with Crippen LogP contribution in [0, 0.1) is 16.0 Å². The van der Waals surface area contributed by atoms with E-state index in [2.05, 4.69) is 0 Å². The van der Waals surface area contributed by atoms with E-state index >= 15 is 0 Å². The highest BCUT2D eigenvalue weighted by Crippen LogP contribution is 2.38. The molecule has 1 heterocycles. The van der Waals surface area contributed by atoms with Crippen molar-refractivity contribution in [3.63, 3.8) is 0 Å². The molecule has 178 valence electrons. The average molecular weight is 486 g/mol. The number of piperidine rings is 1. The SMILES string of the molecule is COc1ccc(Cl)cc1CN(C)C(=O)C1CCN(c2ccc(C(F)(F)F)cc2[N+](=O)[O-])CC1. The number of carbonyl (C=O) groups is 1. The van der Waals surface area contributed by atoms with E-state index in [1.165, 1.54) is 7.11 Å². The van der Waals surface area contributed by atoms with Crippen molar-refractivity contribution in [2.45, 2.75) is 25.6 Å². The second-order valence-corrected chi connectivity index (χ2v) is 8.31. The summed E-state index contributed by atoms with van der Waals surface area (Å²) >= 11 is 6.05. The molecule has 1 aliphatic rings. The summed E-state index contributed by atoms with van der Waals surface area (Å²) < 4.78 is 44.2. The zero-order chi connectivity index (χ0) is 24.3. The molecular weight excluding hydrogens is 463 g/mol. The topological polar surface area (TPSA) is 75.9 Å². The van der Waals surface area contributed by atoms with Crippen LogP contribution < -0.4 is 9.64 Å². The number of nitrogens with zero attached hydrogens (tertiary/aromatic N) is 3. The largest absolute Gasteiger partial charge is 0.496 e. The fraction of sp³-hybridized carbons (Fsp3) is 0.409. The van der Waals surface area contributed by atoms with Crippen molar-refractivity contribution in [1.29, 1.82) is 0 Å². The zero-order valence-corrected chi connectivity index (χ0v) is 18.8. The molecule has 1 aliphatic heterocycles. The number of halogens is 4. The molecule has 11 heteroatoms. The van der Waals surface area contributed by atoms with Gasteiger partial charge in [-0.25, -0.2) is 0 Å². The number of nitro groups is 1. The first-order valence-electron chi connectivity index (χ1n) is 10.2. The Morgan fingerprint density at radius 2 is 1.91 bits per heavy atom. The number of hydrogen-bond acceptors (Lipinski definition) is 5. The molecule has 0 saturated carbocycles. The second-order valence-electron chi connectivity index (χ2n) is 7.87.